The van der Waals surface area contributed by atoms with Gasteiger partial charge in [-0.25, -0.2) is 14.4 Å². The van der Waals surface area contributed by atoms with Crippen LogP contribution < -0.4 is 0 Å². The lowest BCUT2D eigenvalue weighted by Gasteiger charge is -2.28. The number of carbonyl (C=O) groups excluding carboxylic acids is 3. The van der Waals surface area contributed by atoms with Crippen molar-refractivity contribution in [3.63, 3.8) is 0 Å². The lowest BCUT2D eigenvalue weighted by atomic mass is 9.85. The van der Waals surface area contributed by atoms with E-state index in [1.54, 1.807) is 19.9 Å². The van der Waals surface area contributed by atoms with Crippen molar-refractivity contribution in [2.45, 2.75) is 51.9 Å². The van der Waals surface area contributed by atoms with Crippen molar-refractivity contribution in [3.05, 3.63) is 58.7 Å². The van der Waals surface area contributed by atoms with Gasteiger partial charge < -0.3 is 29.5 Å². The minimum Gasteiger partial charge on any atom is -0.458 e. The van der Waals surface area contributed by atoms with Crippen LogP contribution in [0.25, 0.3) is 0 Å². The molecule has 0 unspecified atom stereocenters. The van der Waals surface area contributed by atoms with Crippen LogP contribution in [0.5, 0.6) is 0 Å². The van der Waals surface area contributed by atoms with Gasteiger partial charge in [0.05, 0.1) is 36.4 Å². The Morgan fingerprint density at radius 3 is 2.56 bits per heavy atom. The zero-order valence-corrected chi connectivity index (χ0v) is 19.7. The number of rotatable bonds is 7. The fourth-order valence-electron chi connectivity index (χ4n) is 3.72. The third-order valence-electron chi connectivity index (χ3n) is 5.83. The predicted octanol–water partition coefficient (Wildman–Crippen LogP) is 1.44. The summed E-state index contributed by atoms with van der Waals surface area (Å²) in [6, 6.07) is 0. The molecule has 1 fully saturated rings. The highest BCUT2D eigenvalue weighted by Gasteiger charge is 2.44. The summed E-state index contributed by atoms with van der Waals surface area (Å²) in [5.41, 5.74) is 1.58. The molecule has 0 aromatic heterocycles. The highest BCUT2D eigenvalue weighted by molar-refractivity contribution is 5.93. The van der Waals surface area contributed by atoms with Gasteiger partial charge in [-0.2, -0.15) is 0 Å². The van der Waals surface area contributed by atoms with Gasteiger partial charge in [-0.05, 0) is 44.9 Å². The Bertz CT molecular complexity index is 938. The normalized spacial score (nSPS) is 29.2. The van der Waals surface area contributed by atoms with Gasteiger partial charge in [0, 0.05) is 12.0 Å². The molecule has 2 aliphatic rings. The van der Waals surface area contributed by atoms with Crippen molar-refractivity contribution in [2.75, 3.05) is 19.8 Å². The second-order valence-corrected chi connectivity index (χ2v) is 8.24. The van der Waals surface area contributed by atoms with Crippen LogP contribution >= 0.6 is 0 Å². The number of carbonyl (C=O) groups is 3. The van der Waals surface area contributed by atoms with Gasteiger partial charge in [0.2, 0.25) is 0 Å². The molecule has 9 nitrogen and oxygen atoms in total. The van der Waals surface area contributed by atoms with E-state index in [4.69, 9.17) is 19.3 Å². The molecular formula is C25H32O9. The number of fused-ring (bicyclic) bond motifs is 1. The molecular weight excluding hydrogens is 444 g/mol. The second kappa shape index (κ2) is 12.5. The number of ether oxygens (including phenoxy) is 3. The van der Waals surface area contributed by atoms with Gasteiger partial charge in [-0.3, -0.25) is 0 Å². The van der Waals surface area contributed by atoms with Gasteiger partial charge >= 0.3 is 17.9 Å². The van der Waals surface area contributed by atoms with Gasteiger partial charge in [0.1, 0.15) is 18.8 Å². The van der Waals surface area contributed by atoms with Crippen molar-refractivity contribution in [1.82, 2.24) is 0 Å². The number of esters is 3. The highest BCUT2D eigenvalue weighted by Crippen LogP contribution is 2.36. The Kier molecular flexibility index (Phi) is 9.97. The Hall–Kier alpha value is -3.01. The molecule has 1 aliphatic heterocycles. The van der Waals surface area contributed by atoms with Crippen molar-refractivity contribution in [1.29, 1.82) is 0 Å². The molecule has 0 aromatic carbocycles. The van der Waals surface area contributed by atoms with E-state index in [0.717, 1.165) is 11.6 Å². The molecule has 1 heterocycles. The molecule has 186 valence electrons. The van der Waals surface area contributed by atoms with Crippen LogP contribution in [0.3, 0.4) is 0 Å². The van der Waals surface area contributed by atoms with E-state index >= 15 is 0 Å². The van der Waals surface area contributed by atoms with Crippen LogP contribution in [0.15, 0.2) is 58.7 Å². The molecule has 34 heavy (non-hydrogen) atoms. The first-order valence-corrected chi connectivity index (χ1v) is 11.0. The average molecular weight is 477 g/mol. The molecule has 0 amide bonds. The van der Waals surface area contributed by atoms with Gasteiger partial charge in [-0.15, -0.1) is 0 Å². The van der Waals surface area contributed by atoms with E-state index in [0.29, 0.717) is 12.0 Å². The monoisotopic (exact) mass is 476 g/mol. The van der Waals surface area contributed by atoms with Crippen molar-refractivity contribution < 1.29 is 43.9 Å². The summed E-state index contributed by atoms with van der Waals surface area (Å²) in [5, 5.41) is 28.5. The SMILES string of the molecule is C=C1C(=O)O[C@H]2/C=C(/C)[C@@H](O)C/C=C(\C)C[C@@H](OC(=O)/C(=C/C)COC(=O)/C(=C/CO)CO)[C@@H]12. The van der Waals surface area contributed by atoms with Gasteiger partial charge in [0.25, 0.3) is 0 Å². The van der Waals surface area contributed by atoms with E-state index in [2.05, 4.69) is 6.58 Å². The Labute approximate surface area is 198 Å². The van der Waals surface area contributed by atoms with E-state index in [1.807, 2.05) is 13.0 Å². The first-order valence-electron chi connectivity index (χ1n) is 11.0. The van der Waals surface area contributed by atoms with Crippen LogP contribution in [0.4, 0.5) is 0 Å². The summed E-state index contributed by atoms with van der Waals surface area (Å²) in [7, 11) is 0. The molecule has 0 bridgehead atoms. The van der Waals surface area contributed by atoms with Crippen molar-refractivity contribution in [2.24, 2.45) is 5.92 Å². The minimum absolute atomic E-state index is 0.0583. The van der Waals surface area contributed by atoms with Gasteiger partial charge in [0.15, 0.2) is 0 Å². The maximum absolute atomic E-state index is 13.0. The summed E-state index contributed by atoms with van der Waals surface area (Å²) < 4.78 is 16.3. The molecule has 2 rings (SSSR count). The largest absolute Gasteiger partial charge is 0.458 e. The molecule has 1 saturated heterocycles. The van der Waals surface area contributed by atoms with E-state index in [1.165, 1.54) is 6.08 Å². The molecule has 9 heteroatoms. The summed E-state index contributed by atoms with van der Waals surface area (Å²) in [4.78, 5) is 37.3. The molecule has 4 atom stereocenters. The summed E-state index contributed by atoms with van der Waals surface area (Å²) >= 11 is 0. The fourth-order valence-corrected chi connectivity index (χ4v) is 3.72. The molecule has 0 spiro atoms. The van der Waals surface area contributed by atoms with E-state index < -0.39 is 62.0 Å². The summed E-state index contributed by atoms with van der Waals surface area (Å²) in [6.45, 7) is 7.51. The Morgan fingerprint density at radius 2 is 1.94 bits per heavy atom. The number of aliphatic hydroxyl groups excluding tert-OH is 3. The number of hydrogen-bond acceptors (Lipinski definition) is 9. The number of allylic oxidation sites excluding steroid dienone is 1. The summed E-state index contributed by atoms with van der Waals surface area (Å²) in [5.74, 6) is -2.87. The van der Waals surface area contributed by atoms with Crippen LogP contribution in [0.1, 0.15) is 33.6 Å². The fraction of sp³-hybridized carbons (Fsp3) is 0.480. The Balaban J connectivity index is 2.24. The zero-order chi connectivity index (χ0) is 25.4. The second-order valence-electron chi connectivity index (χ2n) is 8.24. The first-order chi connectivity index (χ1) is 16.1. The highest BCUT2D eigenvalue weighted by atomic mass is 16.6. The smallest absolute Gasteiger partial charge is 0.337 e. The first kappa shape index (κ1) is 27.2. The van der Waals surface area contributed by atoms with Crippen molar-refractivity contribution in [3.8, 4) is 0 Å². The third-order valence-corrected chi connectivity index (χ3v) is 5.83. The lowest BCUT2D eigenvalue weighted by molar-refractivity contribution is -0.148. The van der Waals surface area contributed by atoms with E-state index in [-0.39, 0.29) is 23.1 Å². The lowest BCUT2D eigenvalue weighted by Crippen LogP contribution is -2.34. The minimum atomic E-state index is -0.872. The van der Waals surface area contributed by atoms with Crippen LogP contribution in [-0.4, -0.2) is 71.4 Å². The molecule has 1 aliphatic carbocycles. The van der Waals surface area contributed by atoms with Gasteiger partial charge in [-0.1, -0.05) is 24.3 Å². The summed E-state index contributed by atoms with van der Waals surface area (Å²) in [6.07, 6.45) is 4.44. The average Bonchev–Trinajstić information content (AvgIpc) is 3.07. The maximum atomic E-state index is 13.0. The van der Waals surface area contributed by atoms with Crippen LogP contribution in [0, 0.1) is 5.92 Å². The van der Waals surface area contributed by atoms with Crippen molar-refractivity contribution >= 4 is 17.9 Å². The predicted molar refractivity (Wildman–Crippen MR) is 122 cm³/mol. The maximum Gasteiger partial charge on any atom is 0.337 e. The molecule has 0 saturated carbocycles. The van der Waals surface area contributed by atoms with Crippen LogP contribution in [-0.2, 0) is 28.6 Å². The zero-order valence-electron chi connectivity index (χ0n) is 19.7. The number of aliphatic hydroxyl groups is 3. The molecule has 3 N–H and O–H groups in total. The Morgan fingerprint density at radius 1 is 1.24 bits per heavy atom. The van der Waals surface area contributed by atoms with Crippen LogP contribution in [0.2, 0.25) is 0 Å². The topological polar surface area (TPSA) is 140 Å². The third kappa shape index (κ3) is 6.75. The van der Waals surface area contributed by atoms with E-state index in [9.17, 15) is 24.6 Å². The molecule has 0 radical (unpaired) electrons. The molecule has 0 aromatic rings. The number of hydrogen-bond donors (Lipinski definition) is 3. The quantitative estimate of drug-likeness (QED) is 0.215. The standard InChI is InChI=1S/C25H32O9/c1-5-17(13-32-24(30)18(12-27)8-9-26)25(31)34-20-10-14(2)6-7-19(28)15(3)11-21-22(20)16(4)23(29)33-21/h5-6,8,11,19-22,26-28H,4,7,9-10,12-13H2,1-3H3/b14-6+,15-11-,17-5+,18-8+/t19-,20+,21-,22+/m0/s1.